The van der Waals surface area contributed by atoms with Gasteiger partial charge in [0.1, 0.15) is 0 Å². The van der Waals surface area contributed by atoms with Crippen LogP contribution in [0, 0.1) is 0 Å². The van der Waals surface area contributed by atoms with Crippen molar-refractivity contribution in [3.63, 3.8) is 0 Å². The molecule has 18 heavy (non-hydrogen) atoms. The van der Waals surface area contributed by atoms with Crippen LogP contribution in [0.2, 0.25) is 0 Å². The zero-order valence-corrected chi connectivity index (χ0v) is 10.4. The summed E-state index contributed by atoms with van der Waals surface area (Å²) in [6.45, 7) is 9.65. The first-order valence-corrected chi connectivity index (χ1v) is 6.57. The number of hydrogen-bond acceptors (Lipinski definition) is 0. The van der Waals surface area contributed by atoms with Gasteiger partial charge < -0.3 is 0 Å². The second-order valence-electron chi connectivity index (χ2n) is 3.47. The van der Waals surface area contributed by atoms with E-state index in [1.54, 1.807) is 0 Å². The third-order valence-corrected chi connectivity index (χ3v) is 1.52. The van der Waals surface area contributed by atoms with Gasteiger partial charge in [-0.2, -0.15) is 4.57 Å². The van der Waals surface area contributed by atoms with E-state index in [0.29, 0.717) is 0 Å². The third kappa shape index (κ3) is 12.7. The molecule has 8 heteroatoms. The molecule has 1 aromatic heterocycles. The third-order valence-electron chi connectivity index (χ3n) is 1.52. The van der Waals surface area contributed by atoms with Crippen molar-refractivity contribution >= 4 is 13.5 Å². The fourth-order valence-electron chi connectivity index (χ4n) is 0.799. The summed E-state index contributed by atoms with van der Waals surface area (Å²) >= 11 is 0. The molecule has 0 saturated carbocycles. The summed E-state index contributed by atoms with van der Waals surface area (Å²) in [6, 6.07) is 5.91. The van der Waals surface area contributed by atoms with E-state index < -0.39 is 7.81 Å². The van der Waals surface area contributed by atoms with Gasteiger partial charge >= 0.3 is 33.0 Å². The van der Waals surface area contributed by atoms with Gasteiger partial charge in [-0.05, 0) is 13.5 Å². The van der Waals surface area contributed by atoms with Crippen LogP contribution in [0.3, 0.4) is 0 Å². The van der Waals surface area contributed by atoms with Crippen molar-refractivity contribution in [3.05, 3.63) is 49.3 Å². The molecule has 1 rings (SSSR count). The van der Waals surface area contributed by atoms with Crippen molar-refractivity contribution in [2.75, 3.05) is 0 Å². The van der Waals surface area contributed by atoms with Crippen molar-refractivity contribution in [1.82, 2.24) is 0 Å². The molecule has 1 nitrogen and oxygen atoms in total. The number of nitrogens with zero attached hydrogens (tertiary/aromatic N) is 1. The molecule has 0 aliphatic heterocycles. The van der Waals surface area contributed by atoms with Gasteiger partial charge in [-0.25, -0.2) is 0 Å². The Bertz CT molecular complexity index is 436. The number of hydrogen-bond donors (Lipinski definition) is 0. The van der Waals surface area contributed by atoms with Gasteiger partial charge in [0.15, 0.2) is 12.4 Å². The molecule has 0 amide bonds. The number of halogens is 6. The van der Waals surface area contributed by atoms with Gasteiger partial charge in [-0.15, -0.1) is 0 Å². The SMILES string of the molecule is C=C(C)C(=C)[n+]1ccccc1.F[P-](F)(F)(F)(F)F. The Morgan fingerprint density at radius 2 is 1.22 bits per heavy atom. The maximum atomic E-state index is 9.87. The molecule has 104 valence electrons. The Hall–Kier alpha value is -1.36. The second-order valence-corrected chi connectivity index (χ2v) is 5.38. The van der Waals surface area contributed by atoms with Gasteiger partial charge in [-0.1, -0.05) is 12.6 Å². The topological polar surface area (TPSA) is 3.88 Å². The summed E-state index contributed by atoms with van der Waals surface area (Å²) < 4.78 is 61.1. The van der Waals surface area contributed by atoms with Crippen LogP contribution < -0.4 is 4.57 Å². The fraction of sp³-hybridized carbons (Fsp3) is 0.100. The van der Waals surface area contributed by atoms with E-state index in [1.165, 1.54) is 0 Å². The van der Waals surface area contributed by atoms with E-state index in [4.69, 9.17) is 0 Å². The average Bonchev–Trinajstić information content (AvgIpc) is 2.13. The molecule has 0 atom stereocenters. The number of allylic oxidation sites excluding steroid dienone is 2. The zero-order valence-electron chi connectivity index (χ0n) is 9.46. The Labute approximate surface area is 100 Å². The first kappa shape index (κ1) is 16.6. The first-order chi connectivity index (χ1) is 7.66. The molecule has 0 fully saturated rings. The summed E-state index contributed by atoms with van der Waals surface area (Å²) in [5.74, 6) is 0. The predicted octanol–water partition coefficient (Wildman–Crippen LogP) is 5.40. The normalized spacial score (nSPS) is 14.6. The van der Waals surface area contributed by atoms with Gasteiger partial charge in [-0.3, -0.25) is 0 Å². The fourth-order valence-corrected chi connectivity index (χ4v) is 0.799. The Morgan fingerprint density at radius 1 is 0.889 bits per heavy atom. The molecule has 0 aromatic carbocycles. The van der Waals surface area contributed by atoms with Crippen LogP contribution in [0.1, 0.15) is 6.92 Å². The van der Waals surface area contributed by atoms with Crippen LogP contribution in [0.5, 0.6) is 0 Å². The van der Waals surface area contributed by atoms with Crippen molar-refractivity contribution in [2.45, 2.75) is 6.92 Å². The average molecular weight is 291 g/mol. The molecule has 0 radical (unpaired) electrons. The molecule has 0 aliphatic rings. The molecule has 0 N–H and O–H groups in total. The zero-order chi connectivity index (χ0) is 14.7. The van der Waals surface area contributed by atoms with Gasteiger partial charge in [0, 0.05) is 17.7 Å². The monoisotopic (exact) mass is 291 g/mol. The summed E-state index contributed by atoms with van der Waals surface area (Å²) in [7, 11) is -10.7. The van der Waals surface area contributed by atoms with Crippen molar-refractivity contribution in [2.24, 2.45) is 0 Å². The molecule has 0 spiro atoms. The standard InChI is InChI=1S/C10H12N.F6P/c1-9(2)10(3)11-7-5-4-6-8-11;1-7(2,3,4,5)6/h4-8H,1,3H2,2H3;/q+1;-1. The molecule has 0 aliphatic carbocycles. The first-order valence-electron chi connectivity index (χ1n) is 4.54. The van der Waals surface area contributed by atoms with Crippen LogP contribution in [0.25, 0.3) is 5.70 Å². The van der Waals surface area contributed by atoms with E-state index in [2.05, 4.69) is 13.2 Å². The van der Waals surface area contributed by atoms with Crippen molar-refractivity contribution < 1.29 is 29.7 Å². The second kappa shape index (κ2) is 4.39. The number of rotatable bonds is 2. The van der Waals surface area contributed by atoms with Gasteiger partial charge in [0.05, 0.1) is 0 Å². The molecule has 1 aromatic rings. The van der Waals surface area contributed by atoms with Crippen molar-refractivity contribution in [3.8, 4) is 0 Å². The van der Waals surface area contributed by atoms with E-state index in [0.717, 1.165) is 11.3 Å². The predicted molar refractivity (Wildman–Crippen MR) is 60.3 cm³/mol. The number of aromatic nitrogens is 1. The molecule has 1 heterocycles. The maximum absolute atomic E-state index is 10.7. The summed E-state index contributed by atoms with van der Waals surface area (Å²) in [6.07, 6.45) is 3.91. The van der Waals surface area contributed by atoms with Crippen LogP contribution in [0.15, 0.2) is 49.3 Å². The Kier molecular flexibility index (Phi) is 4.06. The molecule has 0 unspecified atom stereocenters. The van der Waals surface area contributed by atoms with E-state index >= 15 is 0 Å². The molecule has 0 saturated heterocycles. The van der Waals surface area contributed by atoms with E-state index in [9.17, 15) is 25.2 Å². The summed E-state index contributed by atoms with van der Waals surface area (Å²) in [4.78, 5) is 0. The van der Waals surface area contributed by atoms with Gasteiger partial charge in [0.25, 0.3) is 0 Å². The Morgan fingerprint density at radius 3 is 1.50 bits per heavy atom. The van der Waals surface area contributed by atoms with Gasteiger partial charge in [0.2, 0.25) is 5.70 Å². The van der Waals surface area contributed by atoms with Crippen molar-refractivity contribution in [1.29, 1.82) is 0 Å². The van der Waals surface area contributed by atoms with Crippen LogP contribution in [-0.4, -0.2) is 0 Å². The number of pyridine rings is 1. The summed E-state index contributed by atoms with van der Waals surface area (Å²) in [5.41, 5.74) is 1.92. The van der Waals surface area contributed by atoms with Crippen LogP contribution in [0.4, 0.5) is 25.2 Å². The minimum atomic E-state index is -10.7. The Balaban J connectivity index is 0.000000360. The molecular formula is C10H12F6NP. The summed E-state index contributed by atoms with van der Waals surface area (Å²) in [5, 5.41) is 0. The molecular weight excluding hydrogens is 279 g/mol. The van der Waals surface area contributed by atoms with E-state index in [1.807, 2.05) is 42.1 Å². The van der Waals surface area contributed by atoms with Crippen LogP contribution >= 0.6 is 7.81 Å². The van der Waals surface area contributed by atoms with E-state index in [-0.39, 0.29) is 0 Å². The quantitative estimate of drug-likeness (QED) is 0.297. The minimum absolute atomic E-state index is 0.936. The van der Waals surface area contributed by atoms with Crippen LogP contribution in [-0.2, 0) is 0 Å². The molecule has 0 bridgehead atoms.